The number of nitrogens with one attached hydrogen (secondary N) is 2. The summed E-state index contributed by atoms with van der Waals surface area (Å²) in [5.41, 5.74) is -1.67. The van der Waals surface area contributed by atoms with Gasteiger partial charge >= 0.3 is 6.18 Å². The molecule has 0 aliphatic carbocycles. The van der Waals surface area contributed by atoms with Gasteiger partial charge in [-0.2, -0.15) is 18.4 Å². The minimum absolute atomic E-state index is 0.0871. The molecule has 2 N–H and O–H groups in total. The zero-order valence-corrected chi connectivity index (χ0v) is 25.2. The maximum absolute atomic E-state index is 15.9. The summed E-state index contributed by atoms with van der Waals surface area (Å²) in [6.07, 6.45) is 0.225. The topological polar surface area (TPSA) is 108 Å². The SMILES string of the molecule is CC1CN(c2cc(F)c(C3=CCCN(c4ncc(C#N)s4)CC3)cc2NC(=O)c2c[nH]c(=O)cc2C(F)(F)F)CC(C)N1C. The van der Waals surface area contributed by atoms with E-state index in [2.05, 4.69) is 26.3 Å². The summed E-state index contributed by atoms with van der Waals surface area (Å²) in [6.45, 7) is 6.16. The average molecular weight is 630 g/mol. The Kier molecular flexibility index (Phi) is 8.80. The van der Waals surface area contributed by atoms with Crippen LogP contribution in [0.15, 0.2) is 41.5 Å². The smallest absolute Gasteiger partial charge is 0.367 e. The number of alkyl halides is 3. The largest absolute Gasteiger partial charge is 0.417 e. The summed E-state index contributed by atoms with van der Waals surface area (Å²) in [5, 5.41) is 12.5. The highest BCUT2D eigenvalue weighted by atomic mass is 32.1. The van der Waals surface area contributed by atoms with Crippen LogP contribution in [0.5, 0.6) is 0 Å². The van der Waals surface area contributed by atoms with E-state index in [-0.39, 0.29) is 23.3 Å². The molecule has 4 heterocycles. The number of rotatable bonds is 5. The van der Waals surface area contributed by atoms with Crippen LogP contribution in [0.25, 0.3) is 5.57 Å². The van der Waals surface area contributed by atoms with Crippen LogP contribution in [0.2, 0.25) is 0 Å². The molecule has 0 radical (unpaired) electrons. The van der Waals surface area contributed by atoms with Gasteiger partial charge in [-0.15, -0.1) is 0 Å². The standard InChI is InChI=1S/C30H31F4N7O2S/c1-17-15-41(16-18(2)39(17)3)26-11-24(31)21(19-5-4-7-40(8-6-19)29-37-13-20(12-35)44-29)9-25(26)38-28(43)22-14-36-27(42)10-23(22)30(32,33)34/h5,9-11,13-14,17-18H,4,6-8,15-16H2,1-3H3,(H,36,42)(H,38,43). The maximum Gasteiger partial charge on any atom is 0.417 e. The molecule has 5 rings (SSSR count). The highest BCUT2D eigenvalue weighted by molar-refractivity contribution is 7.16. The lowest BCUT2D eigenvalue weighted by Crippen LogP contribution is -2.55. The third-order valence-electron chi connectivity index (χ3n) is 8.17. The molecule has 232 valence electrons. The van der Waals surface area contributed by atoms with E-state index in [0.29, 0.717) is 66.4 Å². The molecule has 2 aliphatic heterocycles. The monoisotopic (exact) mass is 629 g/mol. The Labute approximate surface area is 255 Å². The van der Waals surface area contributed by atoms with Crippen molar-refractivity contribution in [3.8, 4) is 6.07 Å². The normalized spacial score (nSPS) is 19.7. The predicted octanol–water partition coefficient (Wildman–Crippen LogP) is 5.33. The minimum atomic E-state index is -4.94. The number of nitriles is 1. The Bertz CT molecular complexity index is 1680. The van der Waals surface area contributed by atoms with Crippen molar-refractivity contribution < 1.29 is 22.4 Å². The highest BCUT2D eigenvalue weighted by Crippen LogP contribution is 2.37. The van der Waals surface area contributed by atoms with Crippen molar-refractivity contribution in [1.82, 2.24) is 14.9 Å². The Morgan fingerprint density at radius 3 is 2.55 bits per heavy atom. The van der Waals surface area contributed by atoms with Gasteiger partial charge in [0.2, 0.25) is 5.56 Å². The number of nitrogens with zero attached hydrogens (tertiary/aromatic N) is 5. The molecule has 1 fully saturated rings. The fraction of sp³-hybridized carbons (Fsp3) is 0.400. The number of piperazine rings is 1. The third kappa shape index (κ3) is 6.48. The lowest BCUT2D eigenvalue weighted by atomic mass is 9.98. The van der Waals surface area contributed by atoms with Gasteiger partial charge in [-0.3, -0.25) is 14.5 Å². The number of carbonyl (C=O) groups is 1. The number of thiazole rings is 1. The number of halogens is 4. The molecule has 0 saturated carbocycles. The number of amides is 1. The summed E-state index contributed by atoms with van der Waals surface area (Å²) < 4.78 is 57.2. The van der Waals surface area contributed by atoms with Gasteiger partial charge in [0.05, 0.1) is 28.7 Å². The van der Waals surface area contributed by atoms with E-state index in [1.807, 2.05) is 36.8 Å². The van der Waals surface area contributed by atoms with Gasteiger partial charge in [0.15, 0.2) is 5.13 Å². The van der Waals surface area contributed by atoms with Crippen LogP contribution in [-0.2, 0) is 6.18 Å². The first-order valence-corrected chi connectivity index (χ1v) is 14.9. The molecule has 2 unspecified atom stereocenters. The van der Waals surface area contributed by atoms with Crippen LogP contribution < -0.4 is 20.7 Å². The fourth-order valence-electron chi connectivity index (χ4n) is 5.62. The Hall–Kier alpha value is -4.22. The molecule has 0 spiro atoms. The Morgan fingerprint density at radius 2 is 1.89 bits per heavy atom. The van der Waals surface area contributed by atoms with Crippen molar-refractivity contribution >= 4 is 39.3 Å². The first-order valence-electron chi connectivity index (χ1n) is 14.1. The van der Waals surface area contributed by atoms with Crippen molar-refractivity contribution in [3.63, 3.8) is 0 Å². The number of carbonyl (C=O) groups excluding carboxylic acids is 1. The quantitative estimate of drug-likeness (QED) is 0.368. The van der Waals surface area contributed by atoms with Crippen molar-refractivity contribution in [3.05, 3.63) is 74.4 Å². The zero-order chi connectivity index (χ0) is 31.8. The molecular weight excluding hydrogens is 598 g/mol. The van der Waals surface area contributed by atoms with E-state index in [9.17, 15) is 22.8 Å². The van der Waals surface area contributed by atoms with Crippen molar-refractivity contribution in [1.29, 1.82) is 5.26 Å². The van der Waals surface area contributed by atoms with Crippen LogP contribution in [0.1, 0.15) is 53.1 Å². The van der Waals surface area contributed by atoms with E-state index in [1.54, 1.807) is 0 Å². The summed E-state index contributed by atoms with van der Waals surface area (Å²) in [7, 11) is 1.99. The van der Waals surface area contributed by atoms with Gasteiger partial charge in [0, 0.05) is 56.1 Å². The molecule has 1 saturated heterocycles. The second kappa shape index (κ2) is 12.4. The summed E-state index contributed by atoms with van der Waals surface area (Å²) in [4.78, 5) is 38.1. The number of hydrogen-bond acceptors (Lipinski definition) is 8. The van der Waals surface area contributed by atoms with Crippen LogP contribution in [0, 0.1) is 17.1 Å². The van der Waals surface area contributed by atoms with Gasteiger partial charge in [0.1, 0.15) is 16.8 Å². The lowest BCUT2D eigenvalue weighted by Gasteiger charge is -2.44. The molecule has 2 aromatic heterocycles. The molecule has 14 heteroatoms. The number of H-pyrrole nitrogens is 1. The van der Waals surface area contributed by atoms with Gasteiger partial charge in [-0.25, -0.2) is 9.37 Å². The number of pyridine rings is 1. The zero-order valence-electron chi connectivity index (χ0n) is 24.3. The van der Waals surface area contributed by atoms with Gasteiger partial charge < -0.3 is 20.1 Å². The maximum atomic E-state index is 15.9. The summed E-state index contributed by atoms with van der Waals surface area (Å²) >= 11 is 1.28. The first kappa shape index (κ1) is 31.2. The molecule has 2 atom stereocenters. The van der Waals surface area contributed by atoms with E-state index in [0.717, 1.165) is 6.20 Å². The van der Waals surface area contributed by atoms with Crippen LogP contribution in [0.3, 0.4) is 0 Å². The molecular formula is C30H31F4N7O2S. The number of aromatic nitrogens is 2. The van der Waals surface area contributed by atoms with E-state index >= 15 is 4.39 Å². The van der Waals surface area contributed by atoms with Gasteiger partial charge in [-0.1, -0.05) is 17.4 Å². The number of likely N-dealkylation sites (N-methyl/N-ethyl adjacent to an activating group) is 1. The van der Waals surface area contributed by atoms with Crippen molar-refractivity contribution in [2.75, 3.05) is 48.3 Å². The second-order valence-electron chi connectivity index (χ2n) is 11.1. The van der Waals surface area contributed by atoms with Gasteiger partial charge in [0.25, 0.3) is 5.91 Å². The van der Waals surface area contributed by atoms with Gasteiger partial charge in [-0.05, 0) is 51.4 Å². The summed E-state index contributed by atoms with van der Waals surface area (Å²) in [5.74, 6) is -1.60. The average Bonchev–Trinajstić information content (AvgIpc) is 3.33. The number of hydrogen-bond donors (Lipinski definition) is 2. The molecule has 1 amide bonds. The molecule has 1 aromatic carbocycles. The number of anilines is 3. The van der Waals surface area contributed by atoms with E-state index in [1.165, 1.54) is 29.7 Å². The molecule has 3 aromatic rings. The number of benzene rings is 1. The fourth-order valence-corrected chi connectivity index (χ4v) is 6.38. The first-order chi connectivity index (χ1) is 20.8. The van der Waals surface area contributed by atoms with Crippen LogP contribution >= 0.6 is 11.3 Å². The van der Waals surface area contributed by atoms with Crippen molar-refractivity contribution in [2.24, 2.45) is 0 Å². The molecule has 0 bridgehead atoms. The minimum Gasteiger partial charge on any atom is -0.367 e. The molecule has 44 heavy (non-hydrogen) atoms. The summed E-state index contributed by atoms with van der Waals surface area (Å²) in [6, 6.07) is 5.41. The van der Waals surface area contributed by atoms with E-state index < -0.39 is 34.6 Å². The highest BCUT2D eigenvalue weighted by Gasteiger charge is 2.36. The molecule has 9 nitrogen and oxygen atoms in total. The third-order valence-corrected chi connectivity index (χ3v) is 9.13. The van der Waals surface area contributed by atoms with E-state index in [4.69, 9.17) is 5.26 Å². The Balaban J connectivity index is 1.51. The number of aromatic amines is 1. The van der Waals surface area contributed by atoms with Crippen LogP contribution in [0.4, 0.5) is 34.1 Å². The molecule has 2 aliphatic rings. The Morgan fingerprint density at radius 1 is 1.16 bits per heavy atom. The predicted molar refractivity (Wildman–Crippen MR) is 162 cm³/mol. The van der Waals surface area contributed by atoms with Crippen LogP contribution in [-0.4, -0.2) is 66.1 Å². The van der Waals surface area contributed by atoms with Crippen molar-refractivity contribution in [2.45, 2.75) is 44.9 Å². The second-order valence-corrected chi connectivity index (χ2v) is 12.1. The lowest BCUT2D eigenvalue weighted by molar-refractivity contribution is -0.138.